The van der Waals surface area contributed by atoms with Crippen molar-refractivity contribution in [2.45, 2.75) is 38.8 Å². The molecule has 0 bridgehead atoms. The highest BCUT2D eigenvalue weighted by molar-refractivity contribution is 6.04. The second kappa shape index (κ2) is 5.39. The summed E-state index contributed by atoms with van der Waals surface area (Å²) in [5, 5.41) is 0. The molecule has 1 aromatic carbocycles. The highest BCUT2D eigenvalue weighted by Crippen LogP contribution is 2.35. The number of fused-ring (bicyclic) bond motifs is 2. The molecule has 5 nitrogen and oxygen atoms in total. The first-order valence-electron chi connectivity index (χ1n) is 7.65. The second-order valence-corrected chi connectivity index (χ2v) is 5.71. The van der Waals surface area contributed by atoms with Gasteiger partial charge in [-0.1, -0.05) is 6.42 Å². The Hall–Kier alpha value is -2.04. The zero-order valence-corrected chi connectivity index (χ0v) is 12.3. The van der Waals surface area contributed by atoms with Gasteiger partial charge in [0.15, 0.2) is 0 Å². The smallest absolute Gasteiger partial charge is 0.257 e. The molecule has 1 fully saturated rings. The molecule has 0 aromatic heterocycles. The van der Waals surface area contributed by atoms with Crippen molar-refractivity contribution < 1.29 is 9.59 Å². The van der Waals surface area contributed by atoms with Crippen LogP contribution in [-0.2, 0) is 0 Å². The van der Waals surface area contributed by atoms with Crippen molar-refractivity contribution in [2.75, 3.05) is 18.0 Å². The van der Waals surface area contributed by atoms with E-state index in [0.29, 0.717) is 11.1 Å². The van der Waals surface area contributed by atoms with Gasteiger partial charge in [0, 0.05) is 18.7 Å². The van der Waals surface area contributed by atoms with E-state index in [0.717, 1.165) is 38.0 Å². The first-order chi connectivity index (χ1) is 10.1. The van der Waals surface area contributed by atoms with E-state index in [4.69, 9.17) is 5.73 Å². The van der Waals surface area contributed by atoms with Crippen molar-refractivity contribution in [1.29, 1.82) is 0 Å². The van der Waals surface area contributed by atoms with Crippen molar-refractivity contribution in [2.24, 2.45) is 5.73 Å². The average Bonchev–Trinajstić information content (AvgIpc) is 2.73. The Balaban J connectivity index is 2.09. The van der Waals surface area contributed by atoms with Crippen LogP contribution in [0, 0.1) is 0 Å². The van der Waals surface area contributed by atoms with E-state index in [1.54, 1.807) is 18.2 Å². The third-order valence-corrected chi connectivity index (χ3v) is 4.50. The first kappa shape index (κ1) is 13.9. The van der Waals surface area contributed by atoms with Gasteiger partial charge in [0.25, 0.3) is 5.91 Å². The highest BCUT2D eigenvalue weighted by Gasteiger charge is 2.37. The van der Waals surface area contributed by atoms with Crippen LogP contribution in [0.5, 0.6) is 0 Å². The Bertz CT molecular complexity index is 585. The van der Waals surface area contributed by atoms with E-state index in [-0.39, 0.29) is 12.1 Å². The Morgan fingerprint density at radius 3 is 2.86 bits per heavy atom. The topological polar surface area (TPSA) is 66.6 Å². The Morgan fingerprint density at radius 1 is 1.33 bits per heavy atom. The monoisotopic (exact) mass is 287 g/mol. The normalized spacial score (nSPS) is 21.6. The highest BCUT2D eigenvalue weighted by atomic mass is 16.2. The fourth-order valence-corrected chi connectivity index (χ4v) is 3.45. The molecule has 2 aliphatic rings. The number of nitrogens with zero attached hydrogens (tertiary/aromatic N) is 2. The third kappa shape index (κ3) is 2.26. The Kier molecular flexibility index (Phi) is 3.57. The van der Waals surface area contributed by atoms with Crippen molar-refractivity contribution in [1.82, 2.24) is 4.90 Å². The fraction of sp³-hybridized carbons (Fsp3) is 0.500. The van der Waals surface area contributed by atoms with Gasteiger partial charge in [0.05, 0.1) is 11.3 Å². The van der Waals surface area contributed by atoms with Gasteiger partial charge in [-0.25, -0.2) is 0 Å². The van der Waals surface area contributed by atoms with Gasteiger partial charge in [-0.3, -0.25) is 9.59 Å². The molecule has 1 saturated heterocycles. The third-order valence-electron chi connectivity index (χ3n) is 4.50. The molecule has 0 aliphatic carbocycles. The standard InChI is InChI=1S/C16H21N3O2/c1-2-18-13-10-11(15(17)20)7-8-12(13)16(21)19-9-5-3-4-6-14(18)19/h7-8,10,14H,2-6,9H2,1H3,(H2,17,20)/t14-/m0/s1. The van der Waals surface area contributed by atoms with Crippen LogP contribution in [-0.4, -0.2) is 36.0 Å². The lowest BCUT2D eigenvalue weighted by atomic mass is 10.0. The van der Waals surface area contributed by atoms with E-state index in [9.17, 15) is 9.59 Å². The molecule has 2 heterocycles. The van der Waals surface area contributed by atoms with Crippen LogP contribution >= 0.6 is 0 Å². The molecule has 2 amide bonds. The molecule has 1 atom stereocenters. The number of hydrogen-bond acceptors (Lipinski definition) is 3. The molecular weight excluding hydrogens is 266 g/mol. The predicted octanol–water partition coefficient (Wildman–Crippen LogP) is 1.97. The summed E-state index contributed by atoms with van der Waals surface area (Å²) >= 11 is 0. The Labute approximate surface area is 124 Å². The summed E-state index contributed by atoms with van der Waals surface area (Å²) in [6, 6.07) is 5.15. The number of carbonyl (C=O) groups is 2. The summed E-state index contributed by atoms with van der Waals surface area (Å²) in [5.41, 5.74) is 7.36. The molecule has 0 radical (unpaired) electrons. The van der Waals surface area contributed by atoms with Gasteiger partial charge < -0.3 is 15.5 Å². The fourth-order valence-electron chi connectivity index (χ4n) is 3.45. The van der Waals surface area contributed by atoms with Crippen LogP contribution in [0.25, 0.3) is 0 Å². The van der Waals surface area contributed by atoms with E-state index < -0.39 is 5.91 Å². The second-order valence-electron chi connectivity index (χ2n) is 5.71. The average molecular weight is 287 g/mol. The number of primary amides is 1. The minimum absolute atomic E-state index is 0.0811. The quantitative estimate of drug-likeness (QED) is 0.904. The zero-order valence-electron chi connectivity index (χ0n) is 12.3. The number of carbonyl (C=O) groups excluding carboxylic acids is 2. The summed E-state index contributed by atoms with van der Waals surface area (Å²) in [6.45, 7) is 3.71. The largest absolute Gasteiger partial charge is 0.366 e. The van der Waals surface area contributed by atoms with Gasteiger partial charge in [-0.15, -0.1) is 0 Å². The molecule has 5 heteroatoms. The van der Waals surface area contributed by atoms with Crippen LogP contribution in [0.2, 0.25) is 0 Å². The molecule has 1 aromatic rings. The van der Waals surface area contributed by atoms with Crippen LogP contribution < -0.4 is 10.6 Å². The van der Waals surface area contributed by atoms with Gasteiger partial charge in [0.2, 0.25) is 5.91 Å². The molecular formula is C16H21N3O2. The summed E-state index contributed by atoms with van der Waals surface area (Å²) in [5.74, 6) is -0.373. The number of benzene rings is 1. The van der Waals surface area contributed by atoms with Crippen LogP contribution in [0.4, 0.5) is 5.69 Å². The summed E-state index contributed by atoms with van der Waals surface area (Å²) < 4.78 is 0. The van der Waals surface area contributed by atoms with E-state index in [2.05, 4.69) is 11.8 Å². The number of anilines is 1. The van der Waals surface area contributed by atoms with Crippen molar-refractivity contribution in [3.05, 3.63) is 29.3 Å². The van der Waals surface area contributed by atoms with E-state index in [1.807, 2.05) is 4.90 Å². The van der Waals surface area contributed by atoms with Crippen LogP contribution in [0.3, 0.4) is 0 Å². The van der Waals surface area contributed by atoms with E-state index in [1.165, 1.54) is 6.42 Å². The molecule has 0 unspecified atom stereocenters. The lowest BCUT2D eigenvalue weighted by Gasteiger charge is -2.44. The summed E-state index contributed by atoms with van der Waals surface area (Å²) in [4.78, 5) is 28.4. The van der Waals surface area contributed by atoms with Gasteiger partial charge >= 0.3 is 0 Å². The lowest BCUT2D eigenvalue weighted by molar-refractivity contribution is 0.0656. The molecule has 2 aliphatic heterocycles. The number of amides is 2. The van der Waals surface area contributed by atoms with Crippen molar-refractivity contribution >= 4 is 17.5 Å². The van der Waals surface area contributed by atoms with Gasteiger partial charge in [-0.05, 0) is 44.4 Å². The minimum Gasteiger partial charge on any atom is -0.366 e. The maximum Gasteiger partial charge on any atom is 0.257 e. The van der Waals surface area contributed by atoms with Crippen molar-refractivity contribution in [3.8, 4) is 0 Å². The maximum atomic E-state index is 12.7. The van der Waals surface area contributed by atoms with E-state index >= 15 is 0 Å². The number of hydrogen-bond donors (Lipinski definition) is 1. The van der Waals surface area contributed by atoms with Crippen LogP contribution in [0.15, 0.2) is 18.2 Å². The molecule has 21 heavy (non-hydrogen) atoms. The van der Waals surface area contributed by atoms with Gasteiger partial charge in [0.1, 0.15) is 6.17 Å². The number of rotatable bonds is 2. The maximum absolute atomic E-state index is 12.7. The predicted molar refractivity (Wildman–Crippen MR) is 81.3 cm³/mol. The first-order valence-corrected chi connectivity index (χ1v) is 7.65. The molecule has 0 spiro atoms. The number of nitrogens with two attached hydrogens (primary N) is 1. The van der Waals surface area contributed by atoms with Gasteiger partial charge in [-0.2, -0.15) is 0 Å². The molecule has 0 saturated carbocycles. The summed E-state index contributed by atoms with van der Waals surface area (Å²) in [7, 11) is 0. The minimum atomic E-state index is -0.454. The van der Waals surface area contributed by atoms with Crippen LogP contribution in [0.1, 0.15) is 53.3 Å². The lowest BCUT2D eigenvalue weighted by Crippen LogP contribution is -2.55. The molecule has 2 N–H and O–H groups in total. The van der Waals surface area contributed by atoms with Crippen molar-refractivity contribution in [3.63, 3.8) is 0 Å². The summed E-state index contributed by atoms with van der Waals surface area (Å²) in [6.07, 6.45) is 4.46. The SMILES string of the molecule is CCN1c2cc(C(N)=O)ccc2C(=O)N2CCCCC[C@H]21. The molecule has 3 rings (SSSR count). The zero-order chi connectivity index (χ0) is 15.0. The molecule has 112 valence electrons. The Morgan fingerprint density at radius 2 is 2.14 bits per heavy atom.